The largest absolute Gasteiger partial charge is 0.508 e. The molecule has 0 aromatic heterocycles. The van der Waals surface area contributed by atoms with Crippen molar-refractivity contribution in [3.05, 3.63) is 60.7 Å². The lowest BCUT2D eigenvalue weighted by molar-refractivity contribution is -0.156. The van der Waals surface area contributed by atoms with Crippen LogP contribution in [0.1, 0.15) is 133 Å². The summed E-state index contributed by atoms with van der Waals surface area (Å²) in [6, 6.07) is 18.0. The molecular formula is C47H83NO7. The predicted octanol–water partition coefficient (Wildman–Crippen LogP) is 10.5. The number of rotatable bonds is 15. The molecule has 8 nitrogen and oxygen atoms in total. The van der Waals surface area contributed by atoms with Crippen LogP contribution in [0.3, 0.4) is 0 Å². The van der Waals surface area contributed by atoms with Gasteiger partial charge in [0.2, 0.25) is 6.41 Å². The van der Waals surface area contributed by atoms with Crippen molar-refractivity contribution in [1.29, 1.82) is 0 Å². The van der Waals surface area contributed by atoms with Crippen LogP contribution in [0.15, 0.2) is 60.7 Å². The second kappa shape index (κ2) is 31.6. The van der Waals surface area contributed by atoms with Gasteiger partial charge in [0.1, 0.15) is 5.75 Å². The van der Waals surface area contributed by atoms with Crippen LogP contribution in [0.25, 0.3) is 0 Å². The molecule has 8 heteroatoms. The minimum atomic E-state index is -0.936. The molecule has 2 aromatic rings. The molecule has 0 spiro atoms. The maximum atomic E-state index is 11.5. The fraction of sp³-hybridized carbons (Fsp3) is 0.723. The number of hydrogen-bond acceptors (Lipinski definition) is 7. The molecule has 10 atom stereocenters. The van der Waals surface area contributed by atoms with Crippen LogP contribution in [0.4, 0.5) is 5.69 Å². The molecule has 0 saturated heterocycles. The number of benzene rings is 2. The summed E-state index contributed by atoms with van der Waals surface area (Å²) in [7, 11) is 0. The maximum Gasteiger partial charge on any atom is 0.211 e. The number of phenols is 1. The van der Waals surface area contributed by atoms with Crippen molar-refractivity contribution in [2.24, 2.45) is 41.4 Å². The topological polar surface area (TPSA) is 128 Å². The Balaban J connectivity index is 0.000000968. The van der Waals surface area contributed by atoms with Crippen LogP contribution in [0.5, 0.6) is 5.75 Å². The van der Waals surface area contributed by atoms with Crippen LogP contribution in [-0.4, -0.2) is 71.1 Å². The van der Waals surface area contributed by atoms with E-state index >= 15 is 0 Å². The molecule has 0 radical (unpaired) electrons. The van der Waals surface area contributed by atoms with Gasteiger partial charge in [-0.05, 0) is 105 Å². The zero-order chi connectivity index (χ0) is 41.6. The lowest BCUT2D eigenvalue weighted by Crippen LogP contribution is -2.54. The van der Waals surface area contributed by atoms with Gasteiger partial charge in [-0.1, -0.05) is 130 Å². The predicted molar refractivity (Wildman–Crippen MR) is 230 cm³/mol. The van der Waals surface area contributed by atoms with Crippen molar-refractivity contribution in [1.82, 2.24) is 0 Å². The molecule has 2 aliphatic rings. The highest BCUT2D eigenvalue weighted by atomic mass is 16.5. The van der Waals surface area contributed by atoms with E-state index in [2.05, 4.69) is 53.8 Å². The van der Waals surface area contributed by atoms with E-state index in [0.29, 0.717) is 62.1 Å². The smallest absolute Gasteiger partial charge is 0.211 e. The Hall–Kier alpha value is -2.49. The fourth-order valence-corrected chi connectivity index (χ4v) is 7.61. The first kappa shape index (κ1) is 52.5. The molecule has 1 amide bonds. The first-order valence-electron chi connectivity index (χ1n) is 21.5. The van der Waals surface area contributed by atoms with E-state index in [1.54, 1.807) is 24.3 Å². The number of anilines is 1. The number of amides is 1. The molecule has 2 aliphatic carbocycles. The third kappa shape index (κ3) is 21.6. The molecule has 2 aromatic carbocycles. The summed E-state index contributed by atoms with van der Waals surface area (Å²) in [5, 5.41) is 45.1. The van der Waals surface area contributed by atoms with Crippen molar-refractivity contribution >= 4 is 12.1 Å². The number of hydrogen-bond donors (Lipinski definition) is 5. The van der Waals surface area contributed by atoms with Gasteiger partial charge in [0.05, 0.1) is 24.4 Å². The zero-order valence-corrected chi connectivity index (χ0v) is 36.5. The van der Waals surface area contributed by atoms with Gasteiger partial charge in [0.25, 0.3) is 0 Å². The van der Waals surface area contributed by atoms with E-state index in [9.17, 15) is 20.1 Å². The Morgan fingerprint density at radius 1 is 0.745 bits per heavy atom. The molecule has 2 fully saturated rings. The highest BCUT2D eigenvalue weighted by Crippen LogP contribution is 2.45. The lowest BCUT2D eigenvalue weighted by atomic mass is 9.63. The summed E-state index contributed by atoms with van der Waals surface area (Å²) in [5.41, 5.74) is -0.109. The van der Waals surface area contributed by atoms with Gasteiger partial charge in [-0.15, -0.1) is 0 Å². The van der Waals surface area contributed by atoms with Crippen molar-refractivity contribution in [2.45, 2.75) is 151 Å². The molecule has 2 saturated carbocycles. The van der Waals surface area contributed by atoms with Crippen molar-refractivity contribution < 1.29 is 34.7 Å². The van der Waals surface area contributed by atoms with E-state index in [4.69, 9.17) is 14.6 Å². The van der Waals surface area contributed by atoms with Crippen LogP contribution in [0.2, 0.25) is 0 Å². The fourth-order valence-electron chi connectivity index (χ4n) is 7.61. The molecule has 0 heterocycles. The maximum absolute atomic E-state index is 11.5. The highest BCUT2D eigenvalue weighted by Gasteiger charge is 2.48. The number of carbonyl (C=O) groups excluding carboxylic acids is 1. The van der Waals surface area contributed by atoms with E-state index in [1.807, 2.05) is 57.2 Å². The highest BCUT2D eigenvalue weighted by molar-refractivity contribution is 5.70. The SMILES string of the molecule is CCCC.CCCC.CCOCC1C[C@H](C)CC[C@H]1C(C)C(O)C(O)C(C)[C@@H]1CC[C@@H](C)C[C@]1(O)COCC.O=CNc1ccccc1.Oc1ccccc1. The second-order valence-corrected chi connectivity index (χ2v) is 15.9. The Bertz CT molecular complexity index is 1150. The number of aliphatic hydroxyl groups excluding tert-OH is 2. The number of phenolic OH excluding ortho intramolecular Hbond substituents is 1. The molecular weight excluding hydrogens is 691 g/mol. The summed E-state index contributed by atoms with van der Waals surface area (Å²) in [4.78, 5) is 9.86. The summed E-state index contributed by atoms with van der Waals surface area (Å²) in [6.07, 6.45) is 10.3. The van der Waals surface area contributed by atoms with Crippen molar-refractivity contribution in [2.75, 3.05) is 31.7 Å². The van der Waals surface area contributed by atoms with Gasteiger partial charge in [-0.2, -0.15) is 0 Å². The molecule has 0 aliphatic heterocycles. The quantitative estimate of drug-likeness (QED) is 0.114. The molecule has 318 valence electrons. The Morgan fingerprint density at radius 2 is 1.25 bits per heavy atom. The number of aliphatic hydroxyl groups is 3. The first-order valence-corrected chi connectivity index (χ1v) is 21.5. The van der Waals surface area contributed by atoms with Gasteiger partial charge in [-0.3, -0.25) is 4.79 Å². The number of aromatic hydroxyl groups is 1. The zero-order valence-electron chi connectivity index (χ0n) is 36.5. The number of ether oxygens (including phenoxy) is 2. The van der Waals surface area contributed by atoms with Crippen molar-refractivity contribution in [3.63, 3.8) is 0 Å². The second-order valence-electron chi connectivity index (χ2n) is 15.9. The Kier molecular flexibility index (Phi) is 30.1. The average molecular weight is 774 g/mol. The van der Waals surface area contributed by atoms with E-state index < -0.39 is 17.8 Å². The molecule has 5 N–H and O–H groups in total. The summed E-state index contributed by atoms with van der Waals surface area (Å²) < 4.78 is 11.4. The minimum Gasteiger partial charge on any atom is -0.508 e. The number of unbranched alkanes of at least 4 members (excludes halogenated alkanes) is 2. The van der Waals surface area contributed by atoms with E-state index in [1.165, 1.54) is 32.1 Å². The molecule has 5 unspecified atom stereocenters. The van der Waals surface area contributed by atoms with Gasteiger partial charge < -0.3 is 35.2 Å². The average Bonchev–Trinajstić information content (AvgIpc) is 3.19. The molecule has 55 heavy (non-hydrogen) atoms. The molecule has 4 rings (SSSR count). The number of para-hydroxylation sites is 2. The molecule has 0 bridgehead atoms. The van der Waals surface area contributed by atoms with Gasteiger partial charge >= 0.3 is 0 Å². The lowest BCUT2D eigenvalue weighted by Gasteiger charge is -2.47. The van der Waals surface area contributed by atoms with Crippen LogP contribution >= 0.6 is 0 Å². The monoisotopic (exact) mass is 774 g/mol. The first-order chi connectivity index (χ1) is 26.3. The summed E-state index contributed by atoms with van der Waals surface area (Å²) in [5.74, 6) is 1.97. The number of carbonyl (C=O) groups is 1. The third-order valence-electron chi connectivity index (χ3n) is 11.3. The number of nitrogens with one attached hydrogen (secondary N) is 1. The third-order valence-corrected chi connectivity index (χ3v) is 11.3. The van der Waals surface area contributed by atoms with E-state index in [-0.39, 0.29) is 17.8 Å². The van der Waals surface area contributed by atoms with Crippen molar-refractivity contribution in [3.8, 4) is 5.75 Å². The van der Waals surface area contributed by atoms with Gasteiger partial charge in [0.15, 0.2) is 0 Å². The van der Waals surface area contributed by atoms with Gasteiger partial charge in [-0.25, -0.2) is 0 Å². The normalized spacial score (nSPS) is 25.2. The van der Waals surface area contributed by atoms with Gasteiger partial charge in [0, 0.05) is 25.5 Å². The van der Waals surface area contributed by atoms with Crippen LogP contribution in [0, 0.1) is 41.4 Å². The van der Waals surface area contributed by atoms with E-state index in [0.717, 1.165) is 38.0 Å². The Labute approximate surface area is 336 Å². The summed E-state index contributed by atoms with van der Waals surface area (Å²) >= 11 is 0. The summed E-state index contributed by atoms with van der Waals surface area (Å²) in [6.45, 7) is 23.6. The Morgan fingerprint density at radius 3 is 1.73 bits per heavy atom. The van der Waals surface area contributed by atoms with Crippen LogP contribution < -0.4 is 5.32 Å². The van der Waals surface area contributed by atoms with Crippen LogP contribution in [-0.2, 0) is 14.3 Å². The minimum absolute atomic E-state index is 0.00194. The standard InChI is InChI=1S/C26H50O5.C7H7NO.C6H6O.2C4H10/c1-7-30-15-21-13-17(3)9-11-22(21)19(5)24(27)25(28)20(6)23-12-10-18(4)14-26(23,29)16-31-8-2;9-6-8-7-4-2-1-3-5-7;7-6-4-2-1-3-5-6;2*1-3-4-2/h17-25,27-29H,7-16H2,1-6H3;1-6H,(H,8,9);1-5,7H;2*3-4H2,1-2H3/t17-,18-,19?,20?,21?,22+,23+,24?,25?,26+;;;;/m1..../s1.